The Hall–Kier alpha value is -1.31. The smallest absolute Gasteiger partial charge is 0.346 e. The molecule has 0 aromatic rings. The molecule has 1 aliphatic heterocycles. The minimum Gasteiger partial charge on any atom is -0.346 e. The predicted molar refractivity (Wildman–Crippen MR) is 67.0 cm³/mol. The lowest BCUT2D eigenvalue weighted by Gasteiger charge is -2.27. The zero-order chi connectivity index (χ0) is 15.2. The van der Waals surface area contributed by atoms with E-state index in [0.29, 0.717) is 13.1 Å². The molecule has 2 N–H and O–H groups in total. The first-order chi connectivity index (χ1) is 9.29. The van der Waals surface area contributed by atoms with E-state index >= 15 is 0 Å². The number of carbonyl (C=O) groups is 2. The van der Waals surface area contributed by atoms with Crippen LogP contribution >= 0.6 is 0 Å². The van der Waals surface area contributed by atoms with Crippen LogP contribution in [-0.4, -0.2) is 55.1 Å². The van der Waals surface area contributed by atoms with E-state index < -0.39 is 24.7 Å². The molecule has 1 atom stereocenters. The van der Waals surface area contributed by atoms with Crippen LogP contribution < -0.4 is 10.6 Å². The molecule has 0 bridgehead atoms. The number of carbonyl (C=O) groups excluding carboxylic acids is 2. The molecule has 5 nitrogen and oxygen atoms in total. The van der Waals surface area contributed by atoms with Gasteiger partial charge in [-0.25, -0.2) is 0 Å². The maximum absolute atomic E-state index is 11.9. The Bertz CT molecular complexity index is 341. The molecule has 1 heterocycles. The molecule has 1 unspecified atom stereocenters. The molecule has 2 amide bonds. The van der Waals surface area contributed by atoms with Crippen LogP contribution in [0, 0.1) is 0 Å². The van der Waals surface area contributed by atoms with E-state index in [0.717, 1.165) is 19.3 Å². The second-order valence-corrected chi connectivity index (χ2v) is 4.88. The Morgan fingerprint density at radius 2 is 1.80 bits per heavy atom. The summed E-state index contributed by atoms with van der Waals surface area (Å²) in [4.78, 5) is 24.9. The predicted octanol–water partition coefficient (Wildman–Crippen LogP) is 0.655. The van der Waals surface area contributed by atoms with Crippen LogP contribution in [0.5, 0.6) is 0 Å². The molecule has 1 saturated heterocycles. The minimum absolute atomic E-state index is 0.0411. The van der Waals surface area contributed by atoms with Crippen molar-refractivity contribution in [1.82, 2.24) is 15.5 Å². The summed E-state index contributed by atoms with van der Waals surface area (Å²) >= 11 is 0. The summed E-state index contributed by atoms with van der Waals surface area (Å²) in [6.45, 7) is 1.43. The molecule has 0 aliphatic carbocycles. The Morgan fingerprint density at radius 1 is 1.20 bits per heavy atom. The summed E-state index contributed by atoms with van der Waals surface area (Å²) in [6, 6.07) is -0.842. The van der Waals surface area contributed by atoms with Crippen molar-refractivity contribution in [2.75, 3.05) is 26.2 Å². The van der Waals surface area contributed by atoms with Crippen LogP contribution in [0.15, 0.2) is 0 Å². The second-order valence-electron chi connectivity index (χ2n) is 4.88. The highest BCUT2D eigenvalue weighted by Gasteiger charge is 2.28. The van der Waals surface area contributed by atoms with Crippen molar-refractivity contribution in [1.29, 1.82) is 0 Å². The molecular formula is C12H20F3N3O2. The van der Waals surface area contributed by atoms with Crippen LogP contribution in [0.4, 0.5) is 13.2 Å². The highest BCUT2D eigenvalue weighted by atomic mass is 19.4. The molecule has 0 radical (unpaired) electrons. The average Bonchev–Trinajstić information content (AvgIpc) is 2.41. The fraction of sp³-hybridized carbons (Fsp3) is 0.833. The van der Waals surface area contributed by atoms with E-state index in [1.54, 1.807) is 10.2 Å². The molecule has 1 aliphatic rings. The molecule has 116 valence electrons. The molecule has 1 rings (SSSR count). The molecule has 8 heteroatoms. The van der Waals surface area contributed by atoms with Crippen molar-refractivity contribution in [3.8, 4) is 0 Å². The van der Waals surface area contributed by atoms with Gasteiger partial charge in [-0.3, -0.25) is 14.9 Å². The Kier molecular flexibility index (Phi) is 6.25. The SMILES string of the molecule is CC(NCC(=O)N1CCCCC1)C(=O)NCC(F)(F)F. The van der Waals surface area contributed by atoms with Gasteiger partial charge in [-0.1, -0.05) is 0 Å². The normalized spacial score (nSPS) is 17.7. The highest BCUT2D eigenvalue weighted by Crippen LogP contribution is 2.12. The number of likely N-dealkylation sites (tertiary alicyclic amines) is 1. The number of amides is 2. The summed E-state index contributed by atoms with van der Waals surface area (Å²) in [5.74, 6) is -0.894. The van der Waals surface area contributed by atoms with Gasteiger partial charge in [0, 0.05) is 13.1 Å². The maximum Gasteiger partial charge on any atom is 0.405 e. The lowest BCUT2D eigenvalue weighted by molar-refractivity contribution is -0.139. The van der Waals surface area contributed by atoms with Gasteiger partial charge in [-0.05, 0) is 26.2 Å². The van der Waals surface area contributed by atoms with Gasteiger partial charge in [-0.2, -0.15) is 13.2 Å². The third-order valence-corrected chi connectivity index (χ3v) is 3.12. The van der Waals surface area contributed by atoms with E-state index in [4.69, 9.17) is 0 Å². The van der Waals surface area contributed by atoms with Gasteiger partial charge in [0.25, 0.3) is 0 Å². The van der Waals surface area contributed by atoms with Gasteiger partial charge in [0.1, 0.15) is 6.54 Å². The van der Waals surface area contributed by atoms with Crippen molar-refractivity contribution >= 4 is 11.8 Å². The summed E-state index contributed by atoms with van der Waals surface area (Å²) in [5.41, 5.74) is 0. The monoisotopic (exact) mass is 295 g/mol. The lowest BCUT2D eigenvalue weighted by atomic mass is 10.1. The van der Waals surface area contributed by atoms with Crippen LogP contribution in [0.25, 0.3) is 0 Å². The fourth-order valence-electron chi connectivity index (χ4n) is 1.93. The van der Waals surface area contributed by atoms with Gasteiger partial charge < -0.3 is 10.2 Å². The topological polar surface area (TPSA) is 61.4 Å². The Labute approximate surface area is 115 Å². The summed E-state index contributed by atoms with van der Waals surface area (Å²) in [6.07, 6.45) is -1.40. The van der Waals surface area contributed by atoms with Crippen molar-refractivity contribution in [2.24, 2.45) is 0 Å². The number of hydrogen-bond acceptors (Lipinski definition) is 3. The third kappa shape index (κ3) is 6.23. The maximum atomic E-state index is 11.9. The lowest BCUT2D eigenvalue weighted by Crippen LogP contribution is -2.49. The number of halogens is 3. The first-order valence-electron chi connectivity index (χ1n) is 6.65. The van der Waals surface area contributed by atoms with Gasteiger partial charge >= 0.3 is 6.18 Å². The molecule has 1 fully saturated rings. The quantitative estimate of drug-likeness (QED) is 0.783. The third-order valence-electron chi connectivity index (χ3n) is 3.12. The fourth-order valence-corrected chi connectivity index (χ4v) is 1.93. The first kappa shape index (κ1) is 16.7. The molecular weight excluding hydrogens is 275 g/mol. The zero-order valence-corrected chi connectivity index (χ0v) is 11.4. The number of hydrogen-bond donors (Lipinski definition) is 2. The van der Waals surface area contributed by atoms with E-state index in [1.165, 1.54) is 6.92 Å². The standard InChI is InChI=1S/C12H20F3N3O2/c1-9(11(20)17-8-12(13,14)15)16-7-10(19)18-5-3-2-4-6-18/h9,16H,2-8H2,1H3,(H,17,20). The van der Waals surface area contributed by atoms with E-state index in [1.807, 2.05) is 0 Å². The van der Waals surface area contributed by atoms with Gasteiger partial charge in [-0.15, -0.1) is 0 Å². The molecule has 0 aromatic carbocycles. The molecule has 20 heavy (non-hydrogen) atoms. The van der Waals surface area contributed by atoms with Crippen LogP contribution in [0.3, 0.4) is 0 Å². The van der Waals surface area contributed by atoms with Crippen molar-refractivity contribution in [3.05, 3.63) is 0 Å². The van der Waals surface area contributed by atoms with Gasteiger partial charge in [0.15, 0.2) is 0 Å². The molecule has 0 spiro atoms. The highest BCUT2D eigenvalue weighted by molar-refractivity contribution is 5.83. The number of nitrogens with zero attached hydrogens (tertiary/aromatic N) is 1. The largest absolute Gasteiger partial charge is 0.405 e. The van der Waals surface area contributed by atoms with Crippen molar-refractivity contribution < 1.29 is 22.8 Å². The Morgan fingerprint density at radius 3 is 2.35 bits per heavy atom. The zero-order valence-electron chi connectivity index (χ0n) is 11.4. The molecule has 0 saturated carbocycles. The van der Waals surface area contributed by atoms with Crippen LogP contribution in [0.1, 0.15) is 26.2 Å². The summed E-state index contributed by atoms with van der Waals surface area (Å²) in [5, 5.41) is 4.42. The average molecular weight is 295 g/mol. The van der Waals surface area contributed by atoms with E-state index in [9.17, 15) is 22.8 Å². The number of piperidine rings is 1. The van der Waals surface area contributed by atoms with Crippen LogP contribution in [0.2, 0.25) is 0 Å². The van der Waals surface area contributed by atoms with Crippen molar-refractivity contribution in [2.45, 2.75) is 38.4 Å². The van der Waals surface area contributed by atoms with Gasteiger partial charge in [0.2, 0.25) is 11.8 Å². The Balaban J connectivity index is 2.25. The first-order valence-corrected chi connectivity index (χ1v) is 6.65. The van der Waals surface area contributed by atoms with E-state index in [-0.39, 0.29) is 12.5 Å². The number of alkyl halides is 3. The minimum atomic E-state index is -4.43. The second kappa shape index (κ2) is 7.47. The van der Waals surface area contributed by atoms with Crippen LogP contribution in [-0.2, 0) is 9.59 Å². The van der Waals surface area contributed by atoms with E-state index in [2.05, 4.69) is 5.32 Å². The summed E-state index contributed by atoms with van der Waals surface area (Å²) in [7, 11) is 0. The number of nitrogens with one attached hydrogen (secondary N) is 2. The van der Waals surface area contributed by atoms with Gasteiger partial charge in [0.05, 0.1) is 12.6 Å². The van der Waals surface area contributed by atoms with Crippen molar-refractivity contribution in [3.63, 3.8) is 0 Å². The number of rotatable bonds is 5. The molecule has 0 aromatic heterocycles. The summed E-state index contributed by atoms with van der Waals surface area (Å²) < 4.78 is 35.8.